The zero-order chi connectivity index (χ0) is 39.8. The quantitative estimate of drug-likeness (QED) is 0.109. The van der Waals surface area contributed by atoms with Crippen molar-refractivity contribution in [3.05, 3.63) is 161 Å². The Morgan fingerprint density at radius 2 is 1.00 bits per heavy atom. The summed E-state index contributed by atoms with van der Waals surface area (Å²) in [6, 6.07) is 42.8. The molecule has 0 bridgehead atoms. The molecule has 1 unspecified atom stereocenters. The Hall–Kier alpha value is -6.52. The number of nitrogens with zero attached hydrogens (tertiary/aromatic N) is 6. The van der Waals surface area contributed by atoms with Crippen molar-refractivity contribution in [3.63, 3.8) is 0 Å². The Morgan fingerprint density at radius 1 is 0.526 bits per heavy atom. The molecule has 0 aliphatic carbocycles. The van der Waals surface area contributed by atoms with Crippen LogP contribution in [-0.4, -0.2) is 19.8 Å². The van der Waals surface area contributed by atoms with Gasteiger partial charge < -0.3 is 18.9 Å². The van der Waals surface area contributed by atoms with E-state index in [0.717, 1.165) is 57.3 Å². The SMILES string of the molecule is CC1CCCO1.COc1cc(N=Nc2ccc(N=Nc3ccc(OCc4ccccc4)cc3C)cc2)c(C)cc1N=Nc1ccc(OCc2ccccc2)cc1C. The third kappa shape index (κ3) is 12.2. The third-order valence-electron chi connectivity index (χ3n) is 9.15. The average Bonchev–Trinajstić information content (AvgIpc) is 3.73. The van der Waals surface area contributed by atoms with Crippen LogP contribution in [0.2, 0.25) is 0 Å². The van der Waals surface area contributed by atoms with Gasteiger partial charge in [-0.3, -0.25) is 0 Å². The van der Waals surface area contributed by atoms with Crippen LogP contribution in [0.15, 0.2) is 164 Å². The monoisotopic (exact) mass is 760 g/mol. The molecule has 6 aromatic rings. The van der Waals surface area contributed by atoms with Gasteiger partial charge in [0.25, 0.3) is 0 Å². The summed E-state index contributed by atoms with van der Waals surface area (Å²) in [6.07, 6.45) is 3.08. The van der Waals surface area contributed by atoms with E-state index in [9.17, 15) is 0 Å². The molecule has 1 heterocycles. The highest BCUT2D eigenvalue weighted by Gasteiger charge is 2.10. The average molecular weight is 761 g/mol. The van der Waals surface area contributed by atoms with Gasteiger partial charge in [-0.2, -0.15) is 25.6 Å². The molecule has 1 aliphatic heterocycles. The topological polar surface area (TPSA) is 111 Å². The molecule has 10 nitrogen and oxygen atoms in total. The lowest BCUT2D eigenvalue weighted by atomic mass is 10.1. The van der Waals surface area contributed by atoms with Gasteiger partial charge in [-0.25, -0.2) is 0 Å². The van der Waals surface area contributed by atoms with Crippen LogP contribution in [0.1, 0.15) is 47.6 Å². The van der Waals surface area contributed by atoms with Crippen LogP contribution in [-0.2, 0) is 18.0 Å². The number of ether oxygens (including phenoxy) is 4. The predicted octanol–water partition coefficient (Wildman–Crippen LogP) is 14.2. The van der Waals surface area contributed by atoms with Crippen LogP contribution < -0.4 is 14.2 Å². The highest BCUT2D eigenvalue weighted by atomic mass is 16.5. The number of aryl methyl sites for hydroxylation is 3. The van der Waals surface area contributed by atoms with Crippen molar-refractivity contribution >= 4 is 34.1 Å². The van der Waals surface area contributed by atoms with Gasteiger partial charge >= 0.3 is 0 Å². The minimum atomic E-state index is 0.501. The fraction of sp³-hybridized carbons (Fsp3) is 0.234. The van der Waals surface area contributed by atoms with Crippen LogP contribution in [0.5, 0.6) is 17.2 Å². The van der Waals surface area contributed by atoms with E-state index in [2.05, 4.69) is 37.6 Å². The molecule has 1 aliphatic rings. The first-order valence-electron chi connectivity index (χ1n) is 19.0. The summed E-state index contributed by atoms with van der Waals surface area (Å²) in [5, 5.41) is 26.7. The maximum atomic E-state index is 5.94. The van der Waals surface area contributed by atoms with Gasteiger partial charge in [-0.15, -0.1) is 5.11 Å². The first kappa shape index (κ1) is 40.2. The van der Waals surface area contributed by atoms with Crippen molar-refractivity contribution in [1.82, 2.24) is 0 Å². The number of methoxy groups -OCH3 is 1. The molecule has 0 amide bonds. The summed E-state index contributed by atoms with van der Waals surface area (Å²) < 4.78 is 22.6. The Kier molecular flexibility index (Phi) is 14.4. The molecule has 57 heavy (non-hydrogen) atoms. The summed E-state index contributed by atoms with van der Waals surface area (Å²) in [4.78, 5) is 0. The van der Waals surface area contributed by atoms with Gasteiger partial charge in [0.2, 0.25) is 0 Å². The van der Waals surface area contributed by atoms with Crippen LogP contribution >= 0.6 is 0 Å². The first-order valence-corrected chi connectivity index (χ1v) is 19.0. The fourth-order valence-corrected chi connectivity index (χ4v) is 5.81. The van der Waals surface area contributed by atoms with Crippen LogP contribution in [0.25, 0.3) is 0 Å². The van der Waals surface area contributed by atoms with Crippen LogP contribution in [0.4, 0.5) is 34.1 Å². The lowest BCUT2D eigenvalue weighted by Gasteiger charge is -2.09. The third-order valence-corrected chi connectivity index (χ3v) is 9.15. The number of rotatable bonds is 13. The standard InChI is InChI=1S/C42H38N6O3.C5H10O/c1-29-23-36(50-27-32-11-7-5-8-12-32)19-21-38(29)45-43-34-15-17-35(18-16-34)44-47-40-26-42(49-4)41(25-31(40)3)48-46-39-22-20-37(24-30(39)2)51-28-33-13-9-6-10-14-33;1-5-3-2-4-6-5/h5-26H,27-28H2,1-4H3;5H,2-4H2,1H3. The summed E-state index contributed by atoms with van der Waals surface area (Å²) in [6.45, 7) is 10.0. The smallest absolute Gasteiger partial charge is 0.148 e. The van der Waals surface area contributed by atoms with E-state index in [-0.39, 0.29) is 0 Å². The first-order chi connectivity index (χ1) is 27.8. The second-order valence-electron chi connectivity index (χ2n) is 13.7. The van der Waals surface area contributed by atoms with E-state index in [1.165, 1.54) is 12.8 Å². The molecule has 0 aromatic heterocycles. The Balaban J connectivity index is 0.000000837. The van der Waals surface area contributed by atoms with E-state index in [4.69, 9.17) is 18.9 Å². The van der Waals surface area contributed by atoms with Gasteiger partial charge in [0, 0.05) is 12.7 Å². The molecule has 0 N–H and O–H groups in total. The van der Waals surface area contributed by atoms with Gasteiger partial charge in [-0.1, -0.05) is 60.7 Å². The van der Waals surface area contributed by atoms with E-state index in [0.29, 0.717) is 47.8 Å². The maximum Gasteiger partial charge on any atom is 0.148 e. The fourth-order valence-electron chi connectivity index (χ4n) is 5.81. The number of azo groups is 3. The van der Waals surface area contributed by atoms with E-state index in [1.807, 2.05) is 154 Å². The second kappa shape index (κ2) is 20.4. The van der Waals surface area contributed by atoms with Gasteiger partial charge in [-0.05, 0) is 135 Å². The highest BCUT2D eigenvalue weighted by molar-refractivity contribution is 5.63. The lowest BCUT2D eigenvalue weighted by Crippen LogP contribution is -1.95. The molecule has 0 saturated carbocycles. The van der Waals surface area contributed by atoms with Crippen LogP contribution in [0, 0.1) is 20.8 Å². The van der Waals surface area contributed by atoms with Gasteiger partial charge in [0.05, 0.1) is 41.7 Å². The van der Waals surface area contributed by atoms with Crippen molar-refractivity contribution in [2.24, 2.45) is 30.7 Å². The number of hydrogen-bond acceptors (Lipinski definition) is 10. The molecule has 1 saturated heterocycles. The highest BCUT2D eigenvalue weighted by Crippen LogP contribution is 2.37. The van der Waals surface area contributed by atoms with Gasteiger partial charge in [0.1, 0.15) is 36.1 Å². The van der Waals surface area contributed by atoms with Gasteiger partial charge in [0.15, 0.2) is 0 Å². The summed E-state index contributed by atoms with van der Waals surface area (Å²) in [5.41, 5.74) is 9.19. The van der Waals surface area contributed by atoms with E-state index >= 15 is 0 Å². The molecule has 1 fully saturated rings. The molecule has 290 valence electrons. The second-order valence-corrected chi connectivity index (χ2v) is 13.7. The molecule has 10 heteroatoms. The molecule has 0 radical (unpaired) electrons. The van der Waals surface area contributed by atoms with E-state index < -0.39 is 0 Å². The minimum absolute atomic E-state index is 0.501. The summed E-state index contributed by atoms with van der Waals surface area (Å²) in [5.74, 6) is 2.11. The molecular formula is C47H48N6O4. The van der Waals surface area contributed by atoms with Crippen molar-refractivity contribution in [1.29, 1.82) is 0 Å². The molecule has 6 aromatic carbocycles. The van der Waals surface area contributed by atoms with Crippen molar-refractivity contribution in [3.8, 4) is 17.2 Å². The summed E-state index contributed by atoms with van der Waals surface area (Å²) in [7, 11) is 1.59. The maximum absolute atomic E-state index is 5.94. The Morgan fingerprint density at radius 3 is 1.44 bits per heavy atom. The minimum Gasteiger partial charge on any atom is -0.494 e. The van der Waals surface area contributed by atoms with Crippen molar-refractivity contribution < 1.29 is 18.9 Å². The van der Waals surface area contributed by atoms with E-state index in [1.54, 1.807) is 7.11 Å². The number of benzene rings is 6. The zero-order valence-corrected chi connectivity index (χ0v) is 33.1. The molecule has 1 atom stereocenters. The molecule has 7 rings (SSSR count). The normalized spacial score (nSPS) is 13.9. The number of hydrogen-bond donors (Lipinski definition) is 0. The van der Waals surface area contributed by atoms with Crippen molar-refractivity contribution in [2.45, 2.75) is 59.9 Å². The molecule has 0 spiro atoms. The zero-order valence-electron chi connectivity index (χ0n) is 33.1. The predicted molar refractivity (Wildman–Crippen MR) is 225 cm³/mol. The van der Waals surface area contributed by atoms with Crippen molar-refractivity contribution in [2.75, 3.05) is 13.7 Å². The molecular weight excluding hydrogens is 713 g/mol. The van der Waals surface area contributed by atoms with Crippen LogP contribution in [0.3, 0.4) is 0 Å². The Bertz CT molecular complexity index is 2290. The lowest BCUT2D eigenvalue weighted by molar-refractivity contribution is 0.125. The summed E-state index contributed by atoms with van der Waals surface area (Å²) >= 11 is 0. The largest absolute Gasteiger partial charge is 0.494 e. The Labute approximate surface area is 335 Å².